The Morgan fingerprint density at radius 2 is 2.32 bits per heavy atom. The highest BCUT2D eigenvalue weighted by Gasteiger charge is 2.46. The van der Waals surface area contributed by atoms with E-state index in [1.54, 1.807) is 13.0 Å². The molecule has 0 aromatic carbocycles. The number of esters is 1. The van der Waals surface area contributed by atoms with Crippen molar-refractivity contribution < 1.29 is 23.8 Å². The van der Waals surface area contributed by atoms with E-state index in [-0.39, 0.29) is 30.5 Å². The Morgan fingerprint density at radius 3 is 3.00 bits per heavy atom. The number of carbonyl (C=O) groups excluding carboxylic acids is 2. The number of carbonyl (C=O) groups is 2. The van der Waals surface area contributed by atoms with Crippen LogP contribution in [0.2, 0.25) is 0 Å². The van der Waals surface area contributed by atoms with Crippen LogP contribution in [-0.2, 0) is 23.8 Å². The Bertz CT molecular complexity index is 481. The van der Waals surface area contributed by atoms with E-state index in [4.69, 9.17) is 14.2 Å². The molecular weight excluding hydrogens is 284 g/mol. The van der Waals surface area contributed by atoms with Crippen LogP contribution < -0.4 is 0 Å². The standard InChI is InChI=1S/C17H24O5/c1-4-20-15(19)6-5-13-11-14-16(12(2)7-10-21-14)22-17(13,3)8-9-18/h5-7,9,13-14,16H,4,8,10-11H2,1-3H3/b6-5+/t13-,14+,16-,17+/m1/s1. The maximum atomic E-state index is 11.5. The molecule has 0 amide bonds. The van der Waals surface area contributed by atoms with E-state index < -0.39 is 5.60 Å². The molecule has 2 aliphatic heterocycles. The Balaban J connectivity index is 2.18. The summed E-state index contributed by atoms with van der Waals surface area (Å²) in [6.07, 6.45) is 6.93. The van der Waals surface area contributed by atoms with Crippen LogP contribution in [0.25, 0.3) is 0 Å². The van der Waals surface area contributed by atoms with Gasteiger partial charge in [-0.2, -0.15) is 0 Å². The van der Waals surface area contributed by atoms with Crippen LogP contribution in [0.5, 0.6) is 0 Å². The molecule has 22 heavy (non-hydrogen) atoms. The predicted molar refractivity (Wildman–Crippen MR) is 81.3 cm³/mol. The van der Waals surface area contributed by atoms with E-state index in [1.807, 2.05) is 19.9 Å². The molecule has 0 N–H and O–H groups in total. The Morgan fingerprint density at radius 1 is 1.55 bits per heavy atom. The van der Waals surface area contributed by atoms with Gasteiger partial charge in [-0.05, 0) is 32.8 Å². The van der Waals surface area contributed by atoms with E-state index in [9.17, 15) is 9.59 Å². The molecule has 122 valence electrons. The summed E-state index contributed by atoms with van der Waals surface area (Å²) in [4.78, 5) is 22.6. The van der Waals surface area contributed by atoms with E-state index in [0.717, 1.165) is 18.3 Å². The first-order chi connectivity index (χ1) is 10.5. The van der Waals surface area contributed by atoms with Crippen LogP contribution in [0, 0.1) is 5.92 Å². The van der Waals surface area contributed by atoms with Gasteiger partial charge in [-0.15, -0.1) is 0 Å². The zero-order chi connectivity index (χ0) is 16.2. The summed E-state index contributed by atoms with van der Waals surface area (Å²) < 4.78 is 16.9. The van der Waals surface area contributed by atoms with Crippen molar-refractivity contribution in [3.8, 4) is 0 Å². The highest BCUT2D eigenvalue weighted by Crippen LogP contribution is 2.41. The quantitative estimate of drug-likeness (QED) is 0.337. The number of hydrogen-bond donors (Lipinski definition) is 0. The Hall–Kier alpha value is -1.46. The van der Waals surface area contributed by atoms with Gasteiger partial charge in [-0.1, -0.05) is 12.2 Å². The average Bonchev–Trinajstić information content (AvgIpc) is 2.47. The molecule has 4 atom stereocenters. The van der Waals surface area contributed by atoms with Gasteiger partial charge < -0.3 is 19.0 Å². The molecular formula is C17H24O5. The van der Waals surface area contributed by atoms with Gasteiger partial charge >= 0.3 is 5.97 Å². The van der Waals surface area contributed by atoms with Crippen molar-refractivity contribution in [1.29, 1.82) is 0 Å². The van der Waals surface area contributed by atoms with E-state index >= 15 is 0 Å². The SMILES string of the molecule is CCOC(=O)/C=C/[C@@H]1C[C@@H]2OCC=C(C)[C@H]2O[C@@]1(C)CC=O. The second kappa shape index (κ2) is 7.20. The highest BCUT2D eigenvalue weighted by molar-refractivity contribution is 5.81. The fourth-order valence-electron chi connectivity index (χ4n) is 3.07. The average molecular weight is 308 g/mol. The molecule has 2 rings (SSSR count). The molecule has 0 aromatic heterocycles. The zero-order valence-corrected chi connectivity index (χ0v) is 13.4. The zero-order valence-electron chi connectivity index (χ0n) is 13.4. The van der Waals surface area contributed by atoms with Gasteiger partial charge in [0, 0.05) is 18.4 Å². The monoisotopic (exact) mass is 308 g/mol. The lowest BCUT2D eigenvalue weighted by Gasteiger charge is -2.48. The summed E-state index contributed by atoms with van der Waals surface area (Å²) in [6.45, 7) is 6.63. The lowest BCUT2D eigenvalue weighted by Crippen LogP contribution is -2.53. The van der Waals surface area contributed by atoms with E-state index in [0.29, 0.717) is 13.2 Å². The summed E-state index contributed by atoms with van der Waals surface area (Å²) in [5.74, 6) is -0.451. The lowest BCUT2D eigenvalue weighted by atomic mass is 9.77. The smallest absolute Gasteiger partial charge is 0.330 e. The molecule has 0 radical (unpaired) electrons. The van der Waals surface area contributed by atoms with Gasteiger partial charge in [0.15, 0.2) is 0 Å². The Labute approximate surface area is 131 Å². The summed E-state index contributed by atoms with van der Waals surface area (Å²) in [5, 5.41) is 0. The first-order valence-corrected chi connectivity index (χ1v) is 7.75. The van der Waals surface area contributed by atoms with E-state index in [1.165, 1.54) is 6.08 Å². The molecule has 0 unspecified atom stereocenters. The number of ether oxygens (including phenoxy) is 3. The minimum atomic E-state index is -0.637. The van der Waals surface area contributed by atoms with Gasteiger partial charge in [-0.25, -0.2) is 4.79 Å². The summed E-state index contributed by atoms with van der Waals surface area (Å²) in [6, 6.07) is 0. The van der Waals surface area contributed by atoms with E-state index in [2.05, 4.69) is 0 Å². The molecule has 0 spiro atoms. The van der Waals surface area contributed by atoms with Gasteiger partial charge in [0.1, 0.15) is 12.4 Å². The van der Waals surface area contributed by atoms with Gasteiger partial charge in [0.2, 0.25) is 0 Å². The molecule has 0 bridgehead atoms. The molecule has 0 aromatic rings. The van der Waals surface area contributed by atoms with Crippen LogP contribution in [-0.4, -0.2) is 43.3 Å². The van der Waals surface area contributed by atoms with Crippen molar-refractivity contribution >= 4 is 12.3 Å². The fraction of sp³-hybridized carbons (Fsp3) is 0.647. The minimum absolute atomic E-state index is 0.0402. The van der Waals surface area contributed by atoms with Gasteiger partial charge in [0.05, 0.1) is 24.9 Å². The molecule has 2 aliphatic rings. The van der Waals surface area contributed by atoms with Crippen molar-refractivity contribution in [3.05, 3.63) is 23.8 Å². The number of hydrogen-bond acceptors (Lipinski definition) is 5. The first kappa shape index (κ1) is 16.9. The van der Waals surface area contributed by atoms with Crippen LogP contribution >= 0.6 is 0 Å². The molecule has 2 heterocycles. The van der Waals surface area contributed by atoms with Crippen molar-refractivity contribution in [2.24, 2.45) is 5.92 Å². The topological polar surface area (TPSA) is 61.8 Å². The molecule has 0 aliphatic carbocycles. The van der Waals surface area contributed by atoms with Crippen molar-refractivity contribution in [2.75, 3.05) is 13.2 Å². The molecule has 5 heteroatoms. The molecule has 1 fully saturated rings. The number of rotatable bonds is 5. The summed E-state index contributed by atoms with van der Waals surface area (Å²) >= 11 is 0. The molecule has 5 nitrogen and oxygen atoms in total. The largest absolute Gasteiger partial charge is 0.463 e. The Kier molecular flexibility index (Phi) is 5.53. The third-order valence-corrected chi connectivity index (χ3v) is 4.41. The third kappa shape index (κ3) is 3.65. The normalized spacial score (nSPS) is 34.9. The summed E-state index contributed by atoms with van der Waals surface area (Å²) in [7, 11) is 0. The molecule has 1 saturated heterocycles. The van der Waals surface area contributed by atoms with Crippen molar-refractivity contribution in [1.82, 2.24) is 0 Å². The fourth-order valence-corrected chi connectivity index (χ4v) is 3.07. The van der Waals surface area contributed by atoms with Crippen LogP contribution in [0.15, 0.2) is 23.8 Å². The molecule has 0 saturated carbocycles. The maximum absolute atomic E-state index is 11.5. The second-order valence-corrected chi connectivity index (χ2v) is 6.00. The number of aldehydes is 1. The first-order valence-electron chi connectivity index (χ1n) is 7.75. The predicted octanol–water partition coefficient (Wildman–Crippen LogP) is 2.20. The van der Waals surface area contributed by atoms with Crippen LogP contribution in [0.1, 0.15) is 33.6 Å². The van der Waals surface area contributed by atoms with Crippen LogP contribution in [0.4, 0.5) is 0 Å². The maximum Gasteiger partial charge on any atom is 0.330 e. The van der Waals surface area contributed by atoms with Crippen LogP contribution in [0.3, 0.4) is 0 Å². The van der Waals surface area contributed by atoms with Crippen molar-refractivity contribution in [2.45, 2.75) is 51.4 Å². The number of fused-ring (bicyclic) bond motifs is 1. The third-order valence-electron chi connectivity index (χ3n) is 4.41. The lowest BCUT2D eigenvalue weighted by molar-refractivity contribution is -0.191. The minimum Gasteiger partial charge on any atom is -0.463 e. The van der Waals surface area contributed by atoms with Gasteiger partial charge in [0.25, 0.3) is 0 Å². The summed E-state index contributed by atoms with van der Waals surface area (Å²) in [5.41, 5.74) is 0.503. The van der Waals surface area contributed by atoms with Gasteiger partial charge in [-0.3, -0.25) is 0 Å². The second-order valence-electron chi connectivity index (χ2n) is 6.00. The van der Waals surface area contributed by atoms with Crippen molar-refractivity contribution in [3.63, 3.8) is 0 Å². The highest BCUT2D eigenvalue weighted by atomic mass is 16.6.